The van der Waals surface area contributed by atoms with Gasteiger partial charge in [0.2, 0.25) is 5.91 Å². The number of anilines is 1. The lowest BCUT2D eigenvalue weighted by molar-refractivity contribution is -0.120. The first-order valence-corrected chi connectivity index (χ1v) is 8.65. The maximum absolute atomic E-state index is 12.7. The highest BCUT2D eigenvalue weighted by molar-refractivity contribution is 5.95. The van der Waals surface area contributed by atoms with Gasteiger partial charge in [-0.1, -0.05) is 31.7 Å². The van der Waals surface area contributed by atoms with Gasteiger partial charge in [-0.3, -0.25) is 9.69 Å². The van der Waals surface area contributed by atoms with E-state index in [1.165, 1.54) is 0 Å². The van der Waals surface area contributed by atoms with Gasteiger partial charge in [0.05, 0.1) is 0 Å². The first-order valence-electron chi connectivity index (χ1n) is 8.65. The average Bonchev–Trinajstić information content (AvgIpc) is 2.61. The minimum atomic E-state index is -0.760. The molecular weight excluding hydrogens is 304 g/mol. The van der Waals surface area contributed by atoms with Crippen LogP contribution in [0.1, 0.15) is 32.6 Å². The van der Waals surface area contributed by atoms with Crippen molar-refractivity contribution in [2.24, 2.45) is 0 Å². The molecule has 0 radical (unpaired) electrons. The average molecular weight is 332 g/mol. The summed E-state index contributed by atoms with van der Waals surface area (Å²) in [5.41, 5.74) is 0.0350. The SMILES string of the molecule is C=C(O)C1(N(C(=O)CC)c2ccccc2)CCN(CCCO)CC1. The molecule has 1 amide bonds. The van der Waals surface area contributed by atoms with Crippen molar-refractivity contribution in [2.75, 3.05) is 31.1 Å². The molecule has 24 heavy (non-hydrogen) atoms. The van der Waals surface area contributed by atoms with Gasteiger partial charge in [-0.05, 0) is 31.4 Å². The number of para-hydroxylation sites is 1. The Labute approximate surface area is 144 Å². The Morgan fingerprint density at radius 3 is 2.42 bits per heavy atom. The Kier molecular flexibility index (Phi) is 6.40. The zero-order chi connectivity index (χ0) is 17.6. The summed E-state index contributed by atoms with van der Waals surface area (Å²) < 4.78 is 0. The molecule has 132 valence electrons. The second-order valence-electron chi connectivity index (χ2n) is 6.32. The van der Waals surface area contributed by atoms with Gasteiger partial charge in [-0.2, -0.15) is 0 Å². The number of carbonyl (C=O) groups is 1. The van der Waals surface area contributed by atoms with Crippen LogP contribution < -0.4 is 4.90 Å². The molecule has 5 nitrogen and oxygen atoms in total. The smallest absolute Gasteiger partial charge is 0.227 e. The van der Waals surface area contributed by atoms with Gasteiger partial charge < -0.3 is 15.1 Å². The van der Waals surface area contributed by atoms with Gasteiger partial charge >= 0.3 is 0 Å². The van der Waals surface area contributed by atoms with E-state index in [1.807, 2.05) is 37.3 Å². The Balaban J connectivity index is 2.30. The van der Waals surface area contributed by atoms with E-state index < -0.39 is 5.54 Å². The molecule has 0 aromatic heterocycles. The number of nitrogens with zero attached hydrogens (tertiary/aromatic N) is 2. The number of carbonyl (C=O) groups excluding carboxylic acids is 1. The molecule has 1 aromatic rings. The van der Waals surface area contributed by atoms with Crippen LogP contribution in [0.4, 0.5) is 5.69 Å². The van der Waals surface area contributed by atoms with E-state index >= 15 is 0 Å². The Bertz CT molecular complexity index is 551. The Hall–Kier alpha value is -1.85. The second-order valence-corrected chi connectivity index (χ2v) is 6.32. The highest BCUT2D eigenvalue weighted by atomic mass is 16.3. The molecule has 0 bridgehead atoms. The van der Waals surface area contributed by atoms with E-state index in [-0.39, 0.29) is 18.3 Å². The quantitative estimate of drug-likeness (QED) is 0.754. The van der Waals surface area contributed by atoms with E-state index in [9.17, 15) is 9.90 Å². The number of hydrogen-bond acceptors (Lipinski definition) is 4. The summed E-state index contributed by atoms with van der Waals surface area (Å²) in [7, 11) is 0. The molecule has 5 heteroatoms. The highest BCUT2D eigenvalue weighted by Crippen LogP contribution is 2.38. The normalized spacial score (nSPS) is 17.4. The van der Waals surface area contributed by atoms with Crippen LogP contribution in [-0.2, 0) is 4.79 Å². The first-order chi connectivity index (χ1) is 11.5. The third kappa shape index (κ3) is 3.79. The van der Waals surface area contributed by atoms with Crippen LogP contribution in [-0.4, -0.2) is 52.8 Å². The summed E-state index contributed by atoms with van der Waals surface area (Å²) in [4.78, 5) is 16.7. The summed E-state index contributed by atoms with van der Waals surface area (Å²) >= 11 is 0. The van der Waals surface area contributed by atoms with Crippen LogP contribution in [0.25, 0.3) is 0 Å². The highest BCUT2D eigenvalue weighted by Gasteiger charge is 2.45. The fourth-order valence-electron chi connectivity index (χ4n) is 3.45. The number of aliphatic hydroxyl groups excluding tert-OH is 2. The van der Waals surface area contributed by atoms with Gasteiger partial charge in [0, 0.05) is 38.3 Å². The molecule has 1 fully saturated rings. The molecule has 1 aromatic carbocycles. The van der Waals surface area contributed by atoms with Crippen LogP contribution in [0.3, 0.4) is 0 Å². The van der Waals surface area contributed by atoms with Gasteiger partial charge in [0.1, 0.15) is 11.3 Å². The van der Waals surface area contributed by atoms with Crippen LogP contribution in [0.15, 0.2) is 42.7 Å². The predicted molar refractivity (Wildman–Crippen MR) is 96.1 cm³/mol. The van der Waals surface area contributed by atoms with Crippen molar-refractivity contribution in [1.29, 1.82) is 0 Å². The first kappa shape index (κ1) is 18.5. The third-order valence-electron chi connectivity index (χ3n) is 4.85. The van der Waals surface area contributed by atoms with Crippen LogP contribution in [0, 0.1) is 0 Å². The van der Waals surface area contributed by atoms with Gasteiger partial charge in [0.25, 0.3) is 0 Å². The van der Waals surface area contributed by atoms with Crippen LogP contribution in [0.2, 0.25) is 0 Å². The van der Waals surface area contributed by atoms with Crippen molar-refractivity contribution >= 4 is 11.6 Å². The fourth-order valence-corrected chi connectivity index (χ4v) is 3.45. The van der Waals surface area contributed by atoms with Gasteiger partial charge in [0.15, 0.2) is 0 Å². The maximum atomic E-state index is 12.7. The van der Waals surface area contributed by atoms with Crippen molar-refractivity contribution in [3.8, 4) is 0 Å². The summed E-state index contributed by atoms with van der Waals surface area (Å²) in [5.74, 6) is 0.0372. The fraction of sp³-hybridized carbons (Fsp3) is 0.526. The number of piperidine rings is 1. The largest absolute Gasteiger partial charge is 0.510 e. The molecule has 1 aliphatic rings. The summed E-state index contributed by atoms with van der Waals surface area (Å²) in [5, 5.41) is 19.4. The Morgan fingerprint density at radius 2 is 1.92 bits per heavy atom. The van der Waals surface area contributed by atoms with E-state index in [1.54, 1.807) is 4.90 Å². The molecule has 0 aliphatic carbocycles. The monoisotopic (exact) mass is 332 g/mol. The predicted octanol–water partition coefficient (Wildman–Crippen LogP) is 2.72. The molecule has 1 heterocycles. The van der Waals surface area contributed by atoms with Crippen LogP contribution in [0.5, 0.6) is 0 Å². The maximum Gasteiger partial charge on any atom is 0.227 e. The molecule has 0 spiro atoms. The molecule has 0 saturated carbocycles. The molecule has 2 rings (SSSR count). The lowest BCUT2D eigenvalue weighted by atomic mass is 9.83. The third-order valence-corrected chi connectivity index (χ3v) is 4.85. The van der Waals surface area contributed by atoms with Crippen molar-refractivity contribution < 1.29 is 15.0 Å². The van der Waals surface area contributed by atoms with Crippen molar-refractivity contribution in [1.82, 2.24) is 4.90 Å². The molecule has 0 unspecified atom stereocenters. The number of hydrogen-bond donors (Lipinski definition) is 2. The van der Waals surface area contributed by atoms with Crippen molar-refractivity contribution in [2.45, 2.75) is 38.1 Å². The zero-order valence-corrected chi connectivity index (χ0v) is 14.4. The molecular formula is C19H28N2O3. The number of aliphatic hydroxyl groups is 2. The molecule has 0 atom stereocenters. The number of rotatable bonds is 7. The van der Waals surface area contributed by atoms with Crippen LogP contribution >= 0.6 is 0 Å². The van der Waals surface area contributed by atoms with E-state index in [4.69, 9.17) is 5.11 Å². The summed E-state index contributed by atoms with van der Waals surface area (Å²) in [6, 6.07) is 9.51. The zero-order valence-electron chi connectivity index (χ0n) is 14.4. The molecule has 2 N–H and O–H groups in total. The van der Waals surface area contributed by atoms with Crippen molar-refractivity contribution in [3.05, 3.63) is 42.7 Å². The molecule has 1 saturated heterocycles. The number of amides is 1. The lowest BCUT2D eigenvalue weighted by Crippen LogP contribution is -2.59. The standard InChI is InChI=1S/C19H28N2O3/c1-3-18(24)21(17-8-5-4-6-9-17)19(16(2)23)10-13-20(14-11-19)12-7-15-22/h4-6,8-9,22-23H,2-3,7,10-15H2,1H3. The van der Waals surface area contributed by atoms with Gasteiger partial charge in [-0.25, -0.2) is 0 Å². The second kappa shape index (κ2) is 8.31. The summed E-state index contributed by atoms with van der Waals surface area (Å²) in [6.45, 7) is 8.18. The number of likely N-dealkylation sites (tertiary alicyclic amines) is 1. The van der Waals surface area contributed by atoms with Crippen molar-refractivity contribution in [3.63, 3.8) is 0 Å². The topological polar surface area (TPSA) is 64.0 Å². The minimum Gasteiger partial charge on any atom is -0.510 e. The van der Waals surface area contributed by atoms with E-state index in [0.29, 0.717) is 19.3 Å². The summed E-state index contributed by atoms with van der Waals surface area (Å²) in [6.07, 6.45) is 2.38. The number of benzene rings is 1. The van der Waals surface area contributed by atoms with Gasteiger partial charge in [-0.15, -0.1) is 0 Å². The Morgan fingerprint density at radius 1 is 1.29 bits per heavy atom. The molecule has 1 aliphatic heterocycles. The lowest BCUT2D eigenvalue weighted by Gasteiger charge is -2.48. The van der Waals surface area contributed by atoms with E-state index in [0.717, 1.165) is 31.7 Å². The minimum absolute atomic E-state index is 0.0137. The van der Waals surface area contributed by atoms with E-state index in [2.05, 4.69) is 11.5 Å².